The SMILES string of the molecule is C=CC(C)(B1C2CCCC1CCC2)[Si](C)(C)C. The summed E-state index contributed by atoms with van der Waals surface area (Å²) in [7, 11) is -1.18. The van der Waals surface area contributed by atoms with Crippen LogP contribution in [0.5, 0.6) is 0 Å². The van der Waals surface area contributed by atoms with Gasteiger partial charge in [-0.2, -0.15) is 0 Å². The van der Waals surface area contributed by atoms with Crippen molar-refractivity contribution in [1.82, 2.24) is 0 Å². The predicted molar refractivity (Wildman–Crippen MR) is 82.9 cm³/mol. The summed E-state index contributed by atoms with van der Waals surface area (Å²) in [4.78, 5) is 0.448. The number of fused-ring (bicyclic) bond motifs is 2. The quantitative estimate of drug-likeness (QED) is 0.462. The predicted octanol–water partition coefficient (Wildman–Crippen LogP) is 5.41. The first kappa shape index (κ1) is 13.5. The normalized spacial score (nSPS) is 33.1. The molecular formula is C15H29BSi. The van der Waals surface area contributed by atoms with Gasteiger partial charge in [0.25, 0.3) is 0 Å². The van der Waals surface area contributed by atoms with E-state index in [1.165, 1.54) is 38.5 Å². The zero-order chi connectivity index (χ0) is 12.7. The molecule has 0 amide bonds. The van der Waals surface area contributed by atoms with E-state index in [-0.39, 0.29) is 0 Å². The van der Waals surface area contributed by atoms with Gasteiger partial charge >= 0.3 is 0 Å². The third kappa shape index (κ3) is 2.18. The van der Waals surface area contributed by atoms with Gasteiger partial charge in [-0.1, -0.05) is 82.8 Å². The molecule has 0 aromatic carbocycles. The lowest BCUT2D eigenvalue weighted by atomic mass is 9.22. The summed E-state index contributed by atoms with van der Waals surface area (Å²) in [5, 5.41) is 0. The van der Waals surface area contributed by atoms with Crippen LogP contribution in [0, 0.1) is 0 Å². The summed E-state index contributed by atoms with van der Waals surface area (Å²) in [6.07, 6.45) is 11.3. The third-order valence-corrected chi connectivity index (χ3v) is 9.82. The maximum Gasteiger partial charge on any atom is 0.154 e. The van der Waals surface area contributed by atoms with Crippen molar-refractivity contribution in [1.29, 1.82) is 0 Å². The van der Waals surface area contributed by atoms with Gasteiger partial charge in [0, 0.05) is 8.07 Å². The highest BCUT2D eigenvalue weighted by Crippen LogP contribution is 2.58. The van der Waals surface area contributed by atoms with E-state index in [0.717, 1.165) is 18.3 Å². The van der Waals surface area contributed by atoms with Crippen molar-refractivity contribution in [2.45, 2.75) is 81.7 Å². The third-order valence-electron chi connectivity index (χ3n) is 6.05. The molecule has 2 heterocycles. The lowest BCUT2D eigenvalue weighted by Crippen LogP contribution is -2.53. The molecule has 2 saturated heterocycles. The minimum absolute atomic E-state index is 0.448. The summed E-state index contributed by atoms with van der Waals surface area (Å²) in [5.41, 5.74) is 0. The Hall–Kier alpha value is 0.0218. The summed E-state index contributed by atoms with van der Waals surface area (Å²) in [6.45, 7) is 15.3. The molecular weight excluding hydrogens is 219 g/mol. The van der Waals surface area contributed by atoms with E-state index in [1.54, 1.807) is 0 Å². The molecule has 2 rings (SSSR count). The maximum absolute atomic E-state index is 4.24. The van der Waals surface area contributed by atoms with Crippen molar-refractivity contribution in [3.8, 4) is 0 Å². The van der Waals surface area contributed by atoms with Crippen molar-refractivity contribution in [2.24, 2.45) is 0 Å². The number of hydrogen-bond donors (Lipinski definition) is 0. The van der Waals surface area contributed by atoms with Gasteiger partial charge in [0.1, 0.15) is 0 Å². The fourth-order valence-corrected chi connectivity index (χ4v) is 6.68. The van der Waals surface area contributed by atoms with E-state index < -0.39 is 8.07 Å². The fourth-order valence-electron chi connectivity index (χ4n) is 4.60. The van der Waals surface area contributed by atoms with Crippen LogP contribution in [0.1, 0.15) is 45.4 Å². The second-order valence-corrected chi connectivity index (χ2v) is 13.2. The van der Waals surface area contributed by atoms with E-state index in [9.17, 15) is 0 Å². The smallest absolute Gasteiger partial charge is 0.104 e. The van der Waals surface area contributed by atoms with Crippen LogP contribution in [0.3, 0.4) is 0 Å². The highest BCUT2D eigenvalue weighted by atomic mass is 28.3. The van der Waals surface area contributed by atoms with Crippen LogP contribution in [-0.4, -0.2) is 14.8 Å². The molecule has 0 aromatic heterocycles. The maximum atomic E-state index is 4.24. The molecule has 2 fully saturated rings. The Morgan fingerprint density at radius 1 is 1.06 bits per heavy atom. The molecule has 0 aromatic rings. The highest BCUT2D eigenvalue weighted by Gasteiger charge is 2.53. The molecule has 2 aliphatic rings. The van der Waals surface area contributed by atoms with Gasteiger partial charge < -0.3 is 0 Å². The van der Waals surface area contributed by atoms with E-state index >= 15 is 0 Å². The standard InChI is InChI=1S/C15H29BSi/c1-6-15(2,17(3,4)5)16-13-9-7-10-14(16)12-8-11-13/h6,13-14H,1,7-12H2,2-5H3. The molecule has 2 heteroatoms. The van der Waals surface area contributed by atoms with Gasteiger partial charge in [0.15, 0.2) is 6.71 Å². The zero-order valence-electron chi connectivity index (χ0n) is 12.3. The summed E-state index contributed by atoms with van der Waals surface area (Å²) in [6, 6.07) is 0. The van der Waals surface area contributed by atoms with E-state index in [1.807, 2.05) is 0 Å². The van der Waals surface area contributed by atoms with Crippen LogP contribution in [0.2, 0.25) is 36.2 Å². The van der Waals surface area contributed by atoms with Gasteiger partial charge in [0.2, 0.25) is 0 Å². The molecule has 0 spiro atoms. The van der Waals surface area contributed by atoms with Crippen LogP contribution < -0.4 is 0 Å². The van der Waals surface area contributed by atoms with Crippen molar-refractivity contribution >= 4 is 14.8 Å². The van der Waals surface area contributed by atoms with Gasteiger partial charge in [-0.3, -0.25) is 0 Å². The number of rotatable bonds is 3. The van der Waals surface area contributed by atoms with Crippen molar-refractivity contribution in [3.63, 3.8) is 0 Å². The first-order chi connectivity index (χ1) is 7.90. The molecule has 0 aliphatic carbocycles. The Labute approximate surface area is 109 Å². The fraction of sp³-hybridized carbons (Fsp3) is 0.867. The molecule has 1 unspecified atom stereocenters. The monoisotopic (exact) mass is 248 g/mol. The Morgan fingerprint density at radius 2 is 1.47 bits per heavy atom. The number of hydrogen-bond acceptors (Lipinski definition) is 0. The van der Waals surface area contributed by atoms with Gasteiger partial charge in [-0.05, 0) is 4.94 Å². The molecule has 2 bridgehead atoms. The van der Waals surface area contributed by atoms with Crippen LogP contribution in [0.4, 0.5) is 0 Å². The second-order valence-electron chi connectivity index (χ2n) is 7.64. The molecule has 0 N–H and O–H groups in total. The van der Waals surface area contributed by atoms with Gasteiger partial charge in [0.05, 0.1) is 0 Å². The highest BCUT2D eigenvalue weighted by molar-refractivity contribution is 6.93. The largest absolute Gasteiger partial charge is 0.154 e. The van der Waals surface area contributed by atoms with Crippen molar-refractivity contribution in [3.05, 3.63) is 12.7 Å². The lowest BCUT2D eigenvalue weighted by molar-refractivity contribution is 0.435. The molecule has 0 nitrogen and oxygen atoms in total. The minimum Gasteiger partial charge on any atom is -0.104 e. The number of allylic oxidation sites excluding steroid dienone is 1. The van der Waals surface area contributed by atoms with Crippen LogP contribution >= 0.6 is 0 Å². The van der Waals surface area contributed by atoms with E-state index in [0.29, 0.717) is 4.94 Å². The van der Waals surface area contributed by atoms with Crippen molar-refractivity contribution in [2.75, 3.05) is 0 Å². The van der Waals surface area contributed by atoms with Gasteiger partial charge in [-0.15, -0.1) is 6.58 Å². The summed E-state index contributed by atoms with van der Waals surface area (Å²) < 4.78 is 0. The van der Waals surface area contributed by atoms with Crippen LogP contribution in [-0.2, 0) is 0 Å². The molecule has 2 aliphatic heterocycles. The average molecular weight is 248 g/mol. The topological polar surface area (TPSA) is 0 Å². The Bertz CT molecular complexity index is 272. The zero-order valence-corrected chi connectivity index (χ0v) is 13.3. The first-order valence-electron chi connectivity index (χ1n) is 7.54. The van der Waals surface area contributed by atoms with E-state index in [2.05, 4.69) is 39.2 Å². The average Bonchev–Trinajstić information content (AvgIpc) is 2.25. The molecule has 96 valence electrons. The first-order valence-corrected chi connectivity index (χ1v) is 11.0. The molecule has 0 radical (unpaired) electrons. The Balaban J connectivity index is 2.33. The lowest BCUT2D eigenvalue weighted by Gasteiger charge is -2.53. The Kier molecular flexibility index (Phi) is 3.64. The molecule has 0 saturated carbocycles. The summed E-state index contributed by atoms with van der Waals surface area (Å²) >= 11 is 0. The summed E-state index contributed by atoms with van der Waals surface area (Å²) in [5.74, 6) is 2.02. The van der Waals surface area contributed by atoms with Gasteiger partial charge in [-0.25, -0.2) is 0 Å². The van der Waals surface area contributed by atoms with Crippen LogP contribution in [0.25, 0.3) is 0 Å². The molecule has 1 atom stereocenters. The Morgan fingerprint density at radius 3 is 1.76 bits per heavy atom. The minimum atomic E-state index is -1.18. The van der Waals surface area contributed by atoms with E-state index in [4.69, 9.17) is 0 Å². The molecule has 17 heavy (non-hydrogen) atoms. The van der Waals surface area contributed by atoms with Crippen molar-refractivity contribution < 1.29 is 0 Å². The van der Waals surface area contributed by atoms with Crippen LogP contribution in [0.15, 0.2) is 12.7 Å². The second kappa shape index (κ2) is 4.60.